The van der Waals surface area contributed by atoms with Crippen LogP contribution in [0.15, 0.2) is 22.7 Å². The molecule has 1 aromatic rings. The Balaban J connectivity index is 2.91. The lowest BCUT2D eigenvalue weighted by molar-refractivity contribution is 0.0563. The quantitative estimate of drug-likeness (QED) is 0.915. The van der Waals surface area contributed by atoms with Crippen molar-refractivity contribution in [3.05, 3.63) is 34.1 Å². The summed E-state index contributed by atoms with van der Waals surface area (Å²) in [6.45, 7) is -0.196. The van der Waals surface area contributed by atoms with E-state index >= 15 is 0 Å². The van der Waals surface area contributed by atoms with Gasteiger partial charge in [-0.25, -0.2) is 4.39 Å². The minimum absolute atomic E-state index is 0.00415. The number of hydrogen-bond acceptors (Lipinski definition) is 3. The second-order valence-corrected chi connectivity index (χ2v) is 3.69. The molecule has 0 fully saturated rings. The highest BCUT2D eigenvalue weighted by atomic mass is 79.9. The molecule has 80 valence electrons. The summed E-state index contributed by atoms with van der Waals surface area (Å²) in [6.07, 6.45) is -0.991. The Kier molecular flexibility index (Phi) is 4.69. The molecule has 1 rings (SSSR count). The molecule has 0 aliphatic rings. The molecule has 15 heavy (non-hydrogen) atoms. The first-order valence-electron chi connectivity index (χ1n) is 4.26. The first-order valence-corrected chi connectivity index (χ1v) is 5.05. The van der Waals surface area contributed by atoms with Crippen LogP contribution in [0.2, 0.25) is 0 Å². The molecule has 0 aromatic heterocycles. The zero-order valence-corrected chi connectivity index (χ0v) is 9.37. The number of halogens is 2. The van der Waals surface area contributed by atoms with Gasteiger partial charge < -0.3 is 9.84 Å². The summed E-state index contributed by atoms with van der Waals surface area (Å²) in [5.74, 6) is -0.498. The normalized spacial score (nSPS) is 12.1. The van der Waals surface area contributed by atoms with E-state index in [0.717, 1.165) is 0 Å². The fraction of sp³-hybridized carbons (Fsp3) is 0.300. The SMILES string of the molecule is N#CC(OCCO)c1cc(Br)ccc1F. The van der Waals surface area contributed by atoms with Gasteiger partial charge in [0.05, 0.1) is 19.3 Å². The van der Waals surface area contributed by atoms with E-state index in [1.54, 1.807) is 6.07 Å². The van der Waals surface area contributed by atoms with Crippen LogP contribution in [0.1, 0.15) is 11.7 Å². The van der Waals surface area contributed by atoms with Gasteiger partial charge in [0, 0.05) is 10.0 Å². The molecule has 5 heteroatoms. The molecule has 0 spiro atoms. The number of rotatable bonds is 4. The molecule has 1 unspecified atom stereocenters. The number of aliphatic hydroxyl groups excluding tert-OH is 1. The zero-order chi connectivity index (χ0) is 11.3. The van der Waals surface area contributed by atoms with Crippen LogP contribution in [0.5, 0.6) is 0 Å². The maximum atomic E-state index is 13.3. The van der Waals surface area contributed by atoms with E-state index in [2.05, 4.69) is 15.9 Å². The van der Waals surface area contributed by atoms with E-state index < -0.39 is 11.9 Å². The van der Waals surface area contributed by atoms with Crippen molar-refractivity contribution in [3.63, 3.8) is 0 Å². The van der Waals surface area contributed by atoms with Crippen molar-refractivity contribution in [2.75, 3.05) is 13.2 Å². The van der Waals surface area contributed by atoms with Gasteiger partial charge in [0.25, 0.3) is 0 Å². The maximum Gasteiger partial charge on any atom is 0.172 e. The lowest BCUT2D eigenvalue weighted by Gasteiger charge is -2.11. The molecule has 0 bridgehead atoms. The summed E-state index contributed by atoms with van der Waals surface area (Å²) in [6, 6.07) is 6.11. The number of aliphatic hydroxyl groups is 1. The predicted octanol–water partition coefficient (Wildman–Crippen LogP) is 2.16. The summed E-state index contributed by atoms with van der Waals surface area (Å²) in [5, 5.41) is 17.3. The topological polar surface area (TPSA) is 53.2 Å². The predicted molar refractivity (Wildman–Crippen MR) is 55.5 cm³/mol. The number of benzene rings is 1. The highest BCUT2D eigenvalue weighted by Gasteiger charge is 2.15. The minimum Gasteiger partial charge on any atom is -0.394 e. The van der Waals surface area contributed by atoms with Crippen LogP contribution in [0.3, 0.4) is 0 Å². The smallest absolute Gasteiger partial charge is 0.172 e. The summed E-state index contributed by atoms with van der Waals surface area (Å²) in [5.41, 5.74) is 0.167. The van der Waals surface area contributed by atoms with Crippen LogP contribution in [0.25, 0.3) is 0 Å². The second-order valence-electron chi connectivity index (χ2n) is 2.77. The van der Waals surface area contributed by atoms with Gasteiger partial charge in [0.1, 0.15) is 5.82 Å². The van der Waals surface area contributed by atoms with E-state index in [4.69, 9.17) is 15.1 Å². The molecule has 0 aliphatic carbocycles. The fourth-order valence-electron chi connectivity index (χ4n) is 1.08. The summed E-state index contributed by atoms with van der Waals surface area (Å²) >= 11 is 3.18. The van der Waals surface area contributed by atoms with Crippen LogP contribution in [0.4, 0.5) is 4.39 Å². The molecule has 1 N–H and O–H groups in total. The summed E-state index contributed by atoms with van der Waals surface area (Å²) in [4.78, 5) is 0. The van der Waals surface area contributed by atoms with Gasteiger partial charge in [-0.05, 0) is 18.2 Å². The molecule has 3 nitrogen and oxygen atoms in total. The van der Waals surface area contributed by atoms with Crippen LogP contribution in [-0.4, -0.2) is 18.3 Å². The van der Waals surface area contributed by atoms with E-state index in [1.165, 1.54) is 12.1 Å². The minimum atomic E-state index is -0.991. The van der Waals surface area contributed by atoms with Crippen molar-refractivity contribution in [3.8, 4) is 6.07 Å². The Hall–Kier alpha value is -0.960. The number of nitrogens with zero attached hydrogens (tertiary/aromatic N) is 1. The largest absolute Gasteiger partial charge is 0.394 e. The molecule has 0 saturated carbocycles. The lowest BCUT2D eigenvalue weighted by atomic mass is 10.1. The standard InChI is InChI=1S/C10H9BrFNO2/c11-7-1-2-9(12)8(5-7)10(6-13)15-4-3-14/h1-2,5,10,14H,3-4H2. The number of ether oxygens (including phenoxy) is 1. The van der Waals surface area contributed by atoms with Gasteiger partial charge in [0.15, 0.2) is 6.10 Å². The van der Waals surface area contributed by atoms with Crippen LogP contribution >= 0.6 is 15.9 Å². The van der Waals surface area contributed by atoms with E-state index in [-0.39, 0.29) is 18.8 Å². The van der Waals surface area contributed by atoms with Crippen molar-refractivity contribution in [1.82, 2.24) is 0 Å². The molecule has 0 radical (unpaired) electrons. The van der Waals surface area contributed by atoms with Crippen molar-refractivity contribution >= 4 is 15.9 Å². The van der Waals surface area contributed by atoms with E-state index in [1.807, 2.05) is 6.07 Å². The van der Waals surface area contributed by atoms with Crippen molar-refractivity contribution in [2.24, 2.45) is 0 Å². The zero-order valence-electron chi connectivity index (χ0n) is 7.78. The maximum absolute atomic E-state index is 13.3. The first-order chi connectivity index (χ1) is 7.19. The third kappa shape index (κ3) is 3.27. The van der Waals surface area contributed by atoms with Gasteiger partial charge in [-0.2, -0.15) is 5.26 Å². The highest BCUT2D eigenvalue weighted by molar-refractivity contribution is 9.10. The van der Waals surface area contributed by atoms with Crippen molar-refractivity contribution in [2.45, 2.75) is 6.10 Å². The highest BCUT2D eigenvalue weighted by Crippen LogP contribution is 2.23. The van der Waals surface area contributed by atoms with Crippen LogP contribution in [-0.2, 0) is 4.74 Å². The third-order valence-electron chi connectivity index (χ3n) is 1.73. The lowest BCUT2D eigenvalue weighted by Crippen LogP contribution is -2.07. The molecule has 0 aliphatic heterocycles. The molecular formula is C10H9BrFNO2. The molecule has 1 aromatic carbocycles. The van der Waals surface area contributed by atoms with Gasteiger partial charge in [-0.1, -0.05) is 15.9 Å². The van der Waals surface area contributed by atoms with Gasteiger partial charge in [0.2, 0.25) is 0 Å². The molecule has 0 heterocycles. The summed E-state index contributed by atoms with van der Waals surface area (Å²) < 4.78 is 19.0. The molecule has 0 saturated heterocycles. The Bertz CT molecular complexity index is 378. The summed E-state index contributed by atoms with van der Waals surface area (Å²) in [7, 11) is 0. The number of nitriles is 1. The third-order valence-corrected chi connectivity index (χ3v) is 2.23. The first kappa shape index (κ1) is 12.1. The number of hydrogen-bond donors (Lipinski definition) is 1. The Morgan fingerprint density at radius 3 is 2.93 bits per heavy atom. The second kappa shape index (κ2) is 5.81. The Labute approximate surface area is 95.2 Å². The fourth-order valence-corrected chi connectivity index (χ4v) is 1.46. The molecular weight excluding hydrogens is 265 g/mol. The molecule has 0 amide bonds. The van der Waals surface area contributed by atoms with Gasteiger partial charge in [-0.15, -0.1) is 0 Å². The van der Waals surface area contributed by atoms with Gasteiger partial charge >= 0.3 is 0 Å². The Morgan fingerprint density at radius 1 is 1.60 bits per heavy atom. The van der Waals surface area contributed by atoms with Crippen LogP contribution in [0, 0.1) is 17.1 Å². The van der Waals surface area contributed by atoms with Crippen molar-refractivity contribution < 1.29 is 14.2 Å². The van der Waals surface area contributed by atoms with E-state index in [0.29, 0.717) is 4.47 Å². The van der Waals surface area contributed by atoms with Crippen LogP contribution < -0.4 is 0 Å². The Morgan fingerprint density at radius 2 is 2.33 bits per heavy atom. The van der Waals surface area contributed by atoms with Crippen molar-refractivity contribution in [1.29, 1.82) is 5.26 Å². The van der Waals surface area contributed by atoms with Gasteiger partial charge in [-0.3, -0.25) is 0 Å². The average Bonchev–Trinajstić information content (AvgIpc) is 2.24. The monoisotopic (exact) mass is 273 g/mol. The average molecular weight is 274 g/mol. The molecule has 1 atom stereocenters. The van der Waals surface area contributed by atoms with E-state index in [9.17, 15) is 4.39 Å².